The van der Waals surface area contributed by atoms with Gasteiger partial charge in [-0.1, -0.05) is 11.6 Å². The molecular formula is C13H14ClFN2O2S2. The van der Waals surface area contributed by atoms with Gasteiger partial charge in [0.05, 0.1) is 9.92 Å². The summed E-state index contributed by atoms with van der Waals surface area (Å²) < 4.78 is 40.5. The molecule has 0 aliphatic carbocycles. The lowest BCUT2D eigenvalue weighted by Crippen LogP contribution is -2.23. The van der Waals surface area contributed by atoms with E-state index in [1.54, 1.807) is 0 Å². The minimum absolute atomic E-state index is 0.0385. The van der Waals surface area contributed by atoms with Gasteiger partial charge >= 0.3 is 0 Å². The average molecular weight is 349 g/mol. The molecule has 0 saturated heterocycles. The lowest BCUT2D eigenvalue weighted by molar-refractivity contribution is 0.577. The van der Waals surface area contributed by atoms with E-state index >= 15 is 0 Å². The van der Waals surface area contributed by atoms with Crippen molar-refractivity contribution in [2.75, 3.05) is 0 Å². The zero-order valence-corrected chi connectivity index (χ0v) is 13.6. The van der Waals surface area contributed by atoms with Crippen LogP contribution >= 0.6 is 22.9 Å². The molecular weight excluding hydrogens is 335 g/mol. The van der Waals surface area contributed by atoms with Crippen LogP contribution in [0.3, 0.4) is 0 Å². The van der Waals surface area contributed by atoms with Crippen molar-refractivity contribution in [3.63, 3.8) is 0 Å². The van der Waals surface area contributed by atoms with Gasteiger partial charge in [0.2, 0.25) is 10.0 Å². The molecule has 1 heterocycles. The molecule has 0 atom stereocenters. The van der Waals surface area contributed by atoms with Gasteiger partial charge in [0, 0.05) is 22.8 Å². The molecule has 8 heteroatoms. The second-order valence-corrected chi connectivity index (χ2v) is 7.94. The van der Waals surface area contributed by atoms with Crippen LogP contribution < -0.4 is 10.5 Å². The Morgan fingerprint density at radius 3 is 2.67 bits per heavy atom. The Balaban J connectivity index is 2.25. The zero-order chi connectivity index (χ0) is 15.6. The molecule has 0 amide bonds. The van der Waals surface area contributed by atoms with E-state index in [2.05, 4.69) is 4.72 Å². The number of hydrogen-bond acceptors (Lipinski definition) is 4. The lowest BCUT2D eigenvalue weighted by atomic mass is 10.2. The molecule has 0 saturated carbocycles. The van der Waals surface area contributed by atoms with Crippen molar-refractivity contribution < 1.29 is 12.8 Å². The molecule has 0 aliphatic rings. The molecule has 1 aromatic heterocycles. The number of nitrogens with one attached hydrogen (secondary N) is 1. The van der Waals surface area contributed by atoms with Crippen LogP contribution in [0.15, 0.2) is 29.2 Å². The molecule has 0 radical (unpaired) electrons. The average Bonchev–Trinajstić information content (AvgIpc) is 2.85. The number of aryl methyl sites for hydroxylation is 1. The van der Waals surface area contributed by atoms with E-state index in [1.165, 1.54) is 17.4 Å². The molecule has 0 bridgehead atoms. The second-order valence-electron chi connectivity index (χ2n) is 4.42. The van der Waals surface area contributed by atoms with Gasteiger partial charge in [-0.15, -0.1) is 11.3 Å². The lowest BCUT2D eigenvalue weighted by Gasteiger charge is -2.09. The van der Waals surface area contributed by atoms with Gasteiger partial charge in [-0.05, 0) is 36.8 Å². The third kappa shape index (κ3) is 3.81. The fraction of sp³-hybridized carbons (Fsp3) is 0.231. The quantitative estimate of drug-likeness (QED) is 0.872. The maximum absolute atomic E-state index is 13.6. The van der Waals surface area contributed by atoms with Crippen molar-refractivity contribution in [3.8, 4) is 0 Å². The maximum Gasteiger partial charge on any atom is 0.241 e. The third-order valence-electron chi connectivity index (χ3n) is 2.84. The fourth-order valence-electron chi connectivity index (χ4n) is 1.75. The van der Waals surface area contributed by atoms with Crippen LogP contribution in [0, 0.1) is 12.7 Å². The summed E-state index contributed by atoms with van der Waals surface area (Å²) in [4.78, 5) is 1.79. The van der Waals surface area contributed by atoms with Crippen LogP contribution in [0.1, 0.15) is 15.3 Å². The van der Waals surface area contributed by atoms with Gasteiger partial charge in [-0.25, -0.2) is 17.5 Å². The van der Waals surface area contributed by atoms with Crippen LogP contribution in [-0.4, -0.2) is 8.42 Å². The Hall–Kier alpha value is -0.990. The smallest absolute Gasteiger partial charge is 0.241 e. The topological polar surface area (TPSA) is 72.2 Å². The number of thiophene rings is 1. The van der Waals surface area contributed by atoms with Crippen LogP contribution in [0.4, 0.5) is 4.39 Å². The summed E-state index contributed by atoms with van der Waals surface area (Å²) in [5.41, 5.74) is 5.69. The van der Waals surface area contributed by atoms with E-state index in [-0.39, 0.29) is 28.6 Å². The summed E-state index contributed by atoms with van der Waals surface area (Å²) in [5.74, 6) is -0.799. The van der Waals surface area contributed by atoms with Gasteiger partial charge in [-0.2, -0.15) is 0 Å². The molecule has 114 valence electrons. The normalized spacial score (nSPS) is 11.8. The number of halogens is 2. The predicted octanol–water partition coefficient (Wildman–Crippen LogP) is 2.79. The first-order chi connectivity index (χ1) is 9.83. The monoisotopic (exact) mass is 348 g/mol. The summed E-state index contributed by atoms with van der Waals surface area (Å²) >= 11 is 7.22. The Bertz CT molecular complexity index is 760. The van der Waals surface area contributed by atoms with Crippen LogP contribution in [0.2, 0.25) is 5.02 Å². The van der Waals surface area contributed by atoms with Crippen LogP contribution in [-0.2, 0) is 23.1 Å². The maximum atomic E-state index is 13.6. The number of hydrogen-bond donors (Lipinski definition) is 2. The van der Waals surface area contributed by atoms with E-state index in [4.69, 9.17) is 17.3 Å². The SMILES string of the molecule is Cc1ccc(CNS(=O)(=O)c2cc(F)c(Cl)c(CN)c2)s1. The third-order valence-corrected chi connectivity index (χ3v) is 5.64. The first kappa shape index (κ1) is 16.4. The van der Waals surface area contributed by atoms with E-state index in [0.717, 1.165) is 15.8 Å². The Morgan fingerprint density at radius 1 is 1.38 bits per heavy atom. The Morgan fingerprint density at radius 2 is 2.10 bits per heavy atom. The minimum Gasteiger partial charge on any atom is -0.326 e. The summed E-state index contributed by atoms with van der Waals surface area (Å²) in [7, 11) is -3.82. The van der Waals surface area contributed by atoms with Crippen molar-refractivity contribution in [2.45, 2.75) is 24.9 Å². The molecule has 2 aromatic rings. The number of nitrogens with two attached hydrogens (primary N) is 1. The Labute approximate surface area is 131 Å². The molecule has 0 aliphatic heterocycles. The van der Waals surface area contributed by atoms with Crippen LogP contribution in [0.5, 0.6) is 0 Å². The molecule has 0 unspecified atom stereocenters. The molecule has 4 nitrogen and oxygen atoms in total. The van der Waals surface area contributed by atoms with Crippen molar-refractivity contribution >= 4 is 33.0 Å². The minimum atomic E-state index is -3.82. The highest BCUT2D eigenvalue weighted by molar-refractivity contribution is 7.89. The summed E-state index contributed by atoms with van der Waals surface area (Å²) in [6.45, 7) is 2.05. The van der Waals surface area contributed by atoms with Gasteiger partial charge < -0.3 is 5.73 Å². The number of rotatable bonds is 5. The first-order valence-corrected chi connectivity index (χ1v) is 8.74. The van der Waals surface area contributed by atoms with Gasteiger partial charge in [0.1, 0.15) is 5.82 Å². The van der Waals surface area contributed by atoms with E-state index in [0.29, 0.717) is 0 Å². The molecule has 0 spiro atoms. The highest BCUT2D eigenvalue weighted by atomic mass is 35.5. The number of benzene rings is 1. The van der Waals surface area contributed by atoms with E-state index in [1.807, 2.05) is 19.1 Å². The largest absolute Gasteiger partial charge is 0.326 e. The molecule has 3 N–H and O–H groups in total. The first-order valence-electron chi connectivity index (χ1n) is 6.06. The molecule has 0 fully saturated rings. The summed E-state index contributed by atoms with van der Waals surface area (Å²) in [6, 6.07) is 5.93. The standard InChI is InChI=1S/C13H14ClFN2O2S2/c1-8-2-3-10(20-8)7-17-21(18,19)11-4-9(6-16)13(14)12(15)5-11/h2-5,17H,6-7,16H2,1H3. The fourth-order valence-corrected chi connectivity index (χ4v) is 3.93. The van der Waals surface area contributed by atoms with Gasteiger partial charge in [-0.3, -0.25) is 0 Å². The van der Waals surface area contributed by atoms with Crippen molar-refractivity contribution in [2.24, 2.45) is 5.73 Å². The van der Waals surface area contributed by atoms with Crippen molar-refractivity contribution in [1.29, 1.82) is 0 Å². The van der Waals surface area contributed by atoms with Gasteiger partial charge in [0.15, 0.2) is 0 Å². The highest BCUT2D eigenvalue weighted by Gasteiger charge is 2.18. The van der Waals surface area contributed by atoms with Crippen molar-refractivity contribution in [1.82, 2.24) is 4.72 Å². The summed E-state index contributed by atoms with van der Waals surface area (Å²) in [6.07, 6.45) is 0. The predicted molar refractivity (Wildman–Crippen MR) is 82.4 cm³/mol. The highest BCUT2D eigenvalue weighted by Crippen LogP contribution is 2.24. The summed E-state index contributed by atoms with van der Waals surface area (Å²) in [5, 5.41) is -0.148. The Kier molecular flexibility index (Phi) is 5.00. The van der Waals surface area contributed by atoms with Gasteiger partial charge in [0.25, 0.3) is 0 Å². The number of sulfonamides is 1. The molecule has 2 rings (SSSR count). The van der Waals surface area contributed by atoms with E-state index < -0.39 is 15.8 Å². The van der Waals surface area contributed by atoms with Crippen molar-refractivity contribution in [3.05, 3.63) is 50.4 Å². The molecule has 1 aromatic carbocycles. The van der Waals surface area contributed by atoms with E-state index in [9.17, 15) is 12.8 Å². The zero-order valence-electron chi connectivity index (χ0n) is 11.2. The second kappa shape index (κ2) is 6.41. The molecule has 21 heavy (non-hydrogen) atoms. The van der Waals surface area contributed by atoms with Crippen LogP contribution in [0.25, 0.3) is 0 Å².